The third kappa shape index (κ3) is 4.63. The minimum absolute atomic E-state index is 0.0523. The summed E-state index contributed by atoms with van der Waals surface area (Å²) in [5.41, 5.74) is 2.16. The first-order chi connectivity index (χ1) is 11.2. The van der Waals surface area contributed by atoms with E-state index < -0.39 is 24.7 Å². The van der Waals surface area contributed by atoms with Crippen LogP contribution in [0.2, 0.25) is 0 Å². The molecule has 1 aromatic carbocycles. The first kappa shape index (κ1) is 18.6. The molecule has 0 aliphatic carbocycles. The Bertz CT molecular complexity index is 574. The topological polar surface area (TPSA) is 35.6 Å². The number of alkyl halides is 3. The third-order valence-corrected chi connectivity index (χ3v) is 4.41. The van der Waals surface area contributed by atoms with E-state index in [2.05, 4.69) is 6.07 Å². The zero-order valence-electron chi connectivity index (χ0n) is 14.2. The van der Waals surface area contributed by atoms with Crippen LogP contribution >= 0.6 is 0 Å². The number of hydrogen-bond donors (Lipinski definition) is 1. The van der Waals surface area contributed by atoms with E-state index in [1.807, 2.05) is 47.4 Å². The van der Waals surface area contributed by atoms with Crippen molar-refractivity contribution < 1.29 is 18.0 Å². The Hall–Kier alpha value is -1.76. The molecule has 1 saturated heterocycles. The van der Waals surface area contributed by atoms with Crippen molar-refractivity contribution >= 4 is 11.6 Å². The quantitative estimate of drug-likeness (QED) is 0.893. The maximum absolute atomic E-state index is 12.3. The van der Waals surface area contributed by atoms with Crippen LogP contribution in [0.25, 0.3) is 0 Å². The van der Waals surface area contributed by atoms with Crippen molar-refractivity contribution in [2.45, 2.75) is 38.0 Å². The summed E-state index contributed by atoms with van der Waals surface area (Å²) in [6, 6.07) is 7.51. The molecule has 1 aliphatic rings. The predicted molar refractivity (Wildman–Crippen MR) is 88.0 cm³/mol. The minimum Gasteiger partial charge on any atom is -0.378 e. The van der Waals surface area contributed by atoms with Crippen molar-refractivity contribution in [3.05, 3.63) is 29.8 Å². The van der Waals surface area contributed by atoms with Crippen molar-refractivity contribution in [1.29, 1.82) is 0 Å². The van der Waals surface area contributed by atoms with Gasteiger partial charge in [0.1, 0.15) is 6.54 Å². The number of anilines is 1. The molecule has 0 bridgehead atoms. The smallest absolute Gasteiger partial charge is 0.378 e. The van der Waals surface area contributed by atoms with Gasteiger partial charge in [0.05, 0.1) is 6.04 Å². The lowest BCUT2D eigenvalue weighted by molar-refractivity contribution is -0.141. The monoisotopic (exact) mass is 343 g/mol. The van der Waals surface area contributed by atoms with Gasteiger partial charge in [-0.3, -0.25) is 9.69 Å². The maximum atomic E-state index is 12.3. The van der Waals surface area contributed by atoms with Crippen LogP contribution in [0.1, 0.15) is 31.4 Å². The second-order valence-electron chi connectivity index (χ2n) is 6.39. The molecule has 1 fully saturated rings. The van der Waals surface area contributed by atoms with Crippen LogP contribution in [-0.2, 0) is 4.79 Å². The van der Waals surface area contributed by atoms with Gasteiger partial charge in [-0.2, -0.15) is 13.2 Å². The largest absolute Gasteiger partial charge is 0.405 e. The highest BCUT2D eigenvalue weighted by Crippen LogP contribution is 2.34. The van der Waals surface area contributed by atoms with Crippen LogP contribution in [0.4, 0.5) is 18.9 Å². The van der Waals surface area contributed by atoms with Gasteiger partial charge in [0.15, 0.2) is 0 Å². The maximum Gasteiger partial charge on any atom is 0.405 e. The molecule has 2 atom stereocenters. The summed E-state index contributed by atoms with van der Waals surface area (Å²) in [4.78, 5) is 16.1. The molecule has 1 amide bonds. The molecular weight excluding hydrogens is 319 g/mol. The van der Waals surface area contributed by atoms with Crippen LogP contribution in [0.5, 0.6) is 0 Å². The van der Waals surface area contributed by atoms with Gasteiger partial charge < -0.3 is 10.2 Å². The second-order valence-corrected chi connectivity index (χ2v) is 6.39. The standard InChI is InChI=1S/C17H24F3N3O/c1-12(16(24)21-11-17(18,19)20)23-9-5-8-15(23)13-6-4-7-14(10-13)22(2)3/h4,6-7,10,12,15H,5,8-9,11H2,1-3H3,(H,21,24). The zero-order valence-corrected chi connectivity index (χ0v) is 14.2. The average Bonchev–Trinajstić information content (AvgIpc) is 3.00. The van der Waals surface area contributed by atoms with Crippen LogP contribution in [0, 0.1) is 0 Å². The molecule has 134 valence electrons. The lowest BCUT2D eigenvalue weighted by Gasteiger charge is -2.30. The molecule has 1 heterocycles. The lowest BCUT2D eigenvalue weighted by Crippen LogP contribution is -2.47. The van der Waals surface area contributed by atoms with Gasteiger partial charge in [-0.15, -0.1) is 0 Å². The number of nitrogens with zero attached hydrogens (tertiary/aromatic N) is 2. The van der Waals surface area contributed by atoms with E-state index in [1.165, 1.54) is 0 Å². The Kier molecular flexibility index (Phi) is 5.74. The van der Waals surface area contributed by atoms with Gasteiger partial charge in [0.2, 0.25) is 5.91 Å². The fourth-order valence-corrected chi connectivity index (χ4v) is 3.11. The zero-order chi connectivity index (χ0) is 17.9. The Labute approximate surface area is 140 Å². The van der Waals surface area contributed by atoms with Gasteiger partial charge in [-0.05, 0) is 44.0 Å². The first-order valence-electron chi connectivity index (χ1n) is 8.06. The van der Waals surface area contributed by atoms with Gasteiger partial charge in [-0.25, -0.2) is 0 Å². The molecule has 4 nitrogen and oxygen atoms in total. The van der Waals surface area contributed by atoms with Crippen LogP contribution in [0.15, 0.2) is 24.3 Å². The number of hydrogen-bond acceptors (Lipinski definition) is 3. The van der Waals surface area contributed by atoms with Crippen molar-refractivity contribution in [3.63, 3.8) is 0 Å². The van der Waals surface area contributed by atoms with E-state index >= 15 is 0 Å². The number of likely N-dealkylation sites (tertiary alicyclic amines) is 1. The summed E-state index contributed by atoms with van der Waals surface area (Å²) >= 11 is 0. The van der Waals surface area contributed by atoms with Crippen LogP contribution < -0.4 is 10.2 Å². The molecule has 1 aliphatic heterocycles. The fourth-order valence-electron chi connectivity index (χ4n) is 3.11. The van der Waals surface area contributed by atoms with E-state index in [4.69, 9.17) is 0 Å². The molecule has 7 heteroatoms. The number of nitrogens with one attached hydrogen (secondary N) is 1. The highest BCUT2D eigenvalue weighted by Gasteiger charge is 2.35. The average molecular weight is 343 g/mol. The fraction of sp³-hybridized carbons (Fsp3) is 0.588. The van der Waals surface area contributed by atoms with E-state index in [0.717, 1.165) is 24.1 Å². The minimum atomic E-state index is -4.39. The van der Waals surface area contributed by atoms with Gasteiger partial charge in [0, 0.05) is 25.8 Å². The van der Waals surface area contributed by atoms with Gasteiger partial charge >= 0.3 is 6.18 Å². The van der Waals surface area contributed by atoms with Crippen LogP contribution in [0.3, 0.4) is 0 Å². The summed E-state index contributed by atoms with van der Waals surface area (Å²) < 4.78 is 36.9. The predicted octanol–water partition coefficient (Wildman–Crippen LogP) is 2.96. The normalized spacial score (nSPS) is 20.0. The number of carbonyl (C=O) groups excluding carboxylic acids is 1. The molecule has 2 rings (SSSR count). The molecule has 24 heavy (non-hydrogen) atoms. The van der Waals surface area contributed by atoms with Crippen molar-refractivity contribution in [2.75, 3.05) is 32.1 Å². The lowest BCUT2D eigenvalue weighted by atomic mass is 10.0. The number of rotatable bonds is 5. The number of halogens is 3. The Morgan fingerprint density at radius 3 is 2.75 bits per heavy atom. The van der Waals surface area contributed by atoms with E-state index in [0.29, 0.717) is 6.54 Å². The highest BCUT2D eigenvalue weighted by atomic mass is 19.4. The Morgan fingerprint density at radius 2 is 2.12 bits per heavy atom. The Balaban J connectivity index is 2.09. The number of carbonyl (C=O) groups is 1. The molecule has 0 aromatic heterocycles. The van der Waals surface area contributed by atoms with Crippen molar-refractivity contribution in [2.24, 2.45) is 0 Å². The summed E-state index contributed by atoms with van der Waals surface area (Å²) in [7, 11) is 3.91. The molecular formula is C17H24F3N3O. The summed E-state index contributed by atoms with van der Waals surface area (Å²) in [5, 5.41) is 1.99. The number of benzene rings is 1. The third-order valence-electron chi connectivity index (χ3n) is 4.41. The van der Waals surface area contributed by atoms with Gasteiger partial charge in [0.25, 0.3) is 0 Å². The molecule has 0 radical (unpaired) electrons. The van der Waals surface area contributed by atoms with Crippen molar-refractivity contribution in [1.82, 2.24) is 10.2 Å². The number of amides is 1. The van der Waals surface area contributed by atoms with Crippen molar-refractivity contribution in [3.8, 4) is 0 Å². The highest BCUT2D eigenvalue weighted by molar-refractivity contribution is 5.81. The van der Waals surface area contributed by atoms with Crippen LogP contribution in [-0.4, -0.2) is 50.2 Å². The first-order valence-corrected chi connectivity index (χ1v) is 8.06. The molecule has 0 spiro atoms. The van der Waals surface area contributed by atoms with E-state index in [-0.39, 0.29) is 6.04 Å². The summed E-state index contributed by atoms with van der Waals surface area (Å²) in [5.74, 6) is -0.581. The second kappa shape index (κ2) is 7.42. The Morgan fingerprint density at radius 1 is 1.42 bits per heavy atom. The summed E-state index contributed by atoms with van der Waals surface area (Å²) in [6.45, 7) is 1.09. The SMILES string of the molecule is CC(C(=O)NCC(F)(F)F)N1CCCC1c1cccc(N(C)C)c1. The van der Waals surface area contributed by atoms with E-state index in [9.17, 15) is 18.0 Å². The van der Waals surface area contributed by atoms with Gasteiger partial charge in [-0.1, -0.05) is 12.1 Å². The molecule has 0 saturated carbocycles. The molecule has 1 N–H and O–H groups in total. The molecule has 2 unspecified atom stereocenters. The summed E-state index contributed by atoms with van der Waals surface area (Å²) in [6.07, 6.45) is -2.57. The molecule has 1 aromatic rings. The van der Waals surface area contributed by atoms with E-state index in [1.54, 1.807) is 6.92 Å².